The van der Waals surface area contributed by atoms with Crippen LogP contribution in [0.4, 0.5) is 0 Å². The molecule has 0 saturated carbocycles. The van der Waals surface area contributed by atoms with Gasteiger partial charge in [-0.2, -0.15) is 0 Å². The molecule has 0 aliphatic heterocycles. The molecule has 0 fully saturated rings. The number of hydrogen-bond acceptors (Lipinski definition) is 1. The predicted octanol–water partition coefficient (Wildman–Crippen LogP) is 4.25. The third kappa shape index (κ3) is 1.72. The average Bonchev–Trinajstić information content (AvgIpc) is 2.67. The minimum Gasteiger partial charge on any atom is -0.302 e. The molecular formula is C16H13BrN2. The van der Waals surface area contributed by atoms with E-state index in [2.05, 4.69) is 56.9 Å². The van der Waals surface area contributed by atoms with Gasteiger partial charge in [-0.15, -0.1) is 0 Å². The summed E-state index contributed by atoms with van der Waals surface area (Å²) >= 11 is 3.55. The van der Waals surface area contributed by atoms with Crippen LogP contribution in [-0.4, -0.2) is 9.38 Å². The number of nitrogens with zero attached hydrogens (tertiary/aromatic N) is 2. The second kappa shape index (κ2) is 4.20. The van der Waals surface area contributed by atoms with Crippen LogP contribution in [0.1, 0.15) is 17.7 Å². The molecule has 4 rings (SSSR count). The van der Waals surface area contributed by atoms with Gasteiger partial charge in [-0.3, -0.25) is 0 Å². The standard InChI is InChI=1S/C16H13BrN2/c17-12-8-9-15-18-16-13-6-2-1-4-11(13)5-3-7-14(16)19(15)10-12/h1-2,4,6,8-10H,3,5,7H2. The normalized spacial score (nSPS) is 13.9. The Balaban J connectivity index is 2.08. The van der Waals surface area contributed by atoms with Gasteiger partial charge in [0.05, 0.1) is 11.4 Å². The zero-order chi connectivity index (χ0) is 12.8. The van der Waals surface area contributed by atoms with Crippen molar-refractivity contribution in [1.82, 2.24) is 9.38 Å². The van der Waals surface area contributed by atoms with Crippen LogP contribution in [0.25, 0.3) is 16.9 Å². The lowest BCUT2D eigenvalue weighted by molar-refractivity contribution is 0.805. The number of hydrogen-bond donors (Lipinski definition) is 0. The van der Waals surface area contributed by atoms with Gasteiger partial charge in [0.15, 0.2) is 0 Å². The third-order valence-electron chi connectivity index (χ3n) is 3.81. The molecule has 0 bridgehead atoms. The largest absolute Gasteiger partial charge is 0.302 e. The lowest BCUT2D eigenvalue weighted by Crippen LogP contribution is -1.93. The Kier molecular flexibility index (Phi) is 2.49. The molecule has 3 heteroatoms. The Bertz CT molecular complexity index is 774. The Hall–Kier alpha value is -1.61. The number of pyridine rings is 1. The van der Waals surface area contributed by atoms with E-state index in [4.69, 9.17) is 4.98 Å². The van der Waals surface area contributed by atoms with Crippen molar-refractivity contribution in [1.29, 1.82) is 0 Å². The monoisotopic (exact) mass is 312 g/mol. The van der Waals surface area contributed by atoms with Crippen LogP contribution >= 0.6 is 15.9 Å². The Labute approximate surface area is 120 Å². The van der Waals surface area contributed by atoms with Crippen LogP contribution in [0.2, 0.25) is 0 Å². The molecule has 1 aliphatic carbocycles. The lowest BCUT2D eigenvalue weighted by Gasteiger charge is -2.03. The minimum absolute atomic E-state index is 1.03. The Morgan fingerprint density at radius 3 is 2.89 bits per heavy atom. The molecule has 0 amide bonds. The molecule has 1 aliphatic rings. The SMILES string of the molecule is Brc1ccc2nc3c(n2c1)CCCc1ccccc1-3. The maximum atomic E-state index is 4.84. The molecule has 2 aromatic heterocycles. The molecule has 94 valence electrons. The van der Waals surface area contributed by atoms with Gasteiger partial charge in [-0.05, 0) is 52.9 Å². The second-order valence-corrected chi connectivity index (χ2v) is 5.91. The zero-order valence-electron chi connectivity index (χ0n) is 10.4. The van der Waals surface area contributed by atoms with E-state index >= 15 is 0 Å². The maximum absolute atomic E-state index is 4.84. The summed E-state index contributed by atoms with van der Waals surface area (Å²) in [6, 6.07) is 12.8. The molecule has 0 spiro atoms. The molecule has 2 nitrogen and oxygen atoms in total. The van der Waals surface area contributed by atoms with Crippen LogP contribution in [0.3, 0.4) is 0 Å². The Morgan fingerprint density at radius 2 is 1.95 bits per heavy atom. The molecule has 3 aromatic rings. The van der Waals surface area contributed by atoms with E-state index in [9.17, 15) is 0 Å². The molecular weight excluding hydrogens is 300 g/mol. The molecule has 2 heterocycles. The van der Waals surface area contributed by atoms with Gasteiger partial charge in [0.25, 0.3) is 0 Å². The number of rotatable bonds is 0. The quantitative estimate of drug-likeness (QED) is 0.606. The van der Waals surface area contributed by atoms with Gasteiger partial charge < -0.3 is 4.40 Å². The van der Waals surface area contributed by atoms with Crippen molar-refractivity contribution < 1.29 is 0 Å². The van der Waals surface area contributed by atoms with Crippen molar-refractivity contribution >= 4 is 21.6 Å². The summed E-state index contributed by atoms with van der Waals surface area (Å²) in [6.45, 7) is 0. The van der Waals surface area contributed by atoms with Crippen molar-refractivity contribution in [3.63, 3.8) is 0 Å². The summed E-state index contributed by atoms with van der Waals surface area (Å²) in [7, 11) is 0. The summed E-state index contributed by atoms with van der Waals surface area (Å²) in [5.41, 5.74) is 6.25. The van der Waals surface area contributed by atoms with Crippen molar-refractivity contribution in [3.05, 3.63) is 58.3 Å². The van der Waals surface area contributed by atoms with Gasteiger partial charge in [0, 0.05) is 16.2 Å². The van der Waals surface area contributed by atoms with E-state index < -0.39 is 0 Å². The first kappa shape index (κ1) is 11.2. The molecule has 0 radical (unpaired) electrons. The van der Waals surface area contributed by atoms with Crippen LogP contribution in [0.15, 0.2) is 47.1 Å². The summed E-state index contributed by atoms with van der Waals surface area (Å²) in [4.78, 5) is 4.84. The van der Waals surface area contributed by atoms with Crippen molar-refractivity contribution in [3.8, 4) is 11.3 Å². The third-order valence-corrected chi connectivity index (χ3v) is 4.28. The molecule has 0 saturated heterocycles. The van der Waals surface area contributed by atoms with E-state index in [-0.39, 0.29) is 0 Å². The summed E-state index contributed by atoms with van der Waals surface area (Å²) < 4.78 is 3.32. The van der Waals surface area contributed by atoms with Crippen molar-refractivity contribution in [2.75, 3.05) is 0 Å². The fraction of sp³-hybridized carbons (Fsp3) is 0.188. The highest BCUT2D eigenvalue weighted by atomic mass is 79.9. The predicted molar refractivity (Wildman–Crippen MR) is 80.4 cm³/mol. The van der Waals surface area contributed by atoms with Gasteiger partial charge in [-0.25, -0.2) is 4.98 Å². The summed E-state index contributed by atoms with van der Waals surface area (Å²) in [6.07, 6.45) is 5.53. The average molecular weight is 313 g/mol. The highest BCUT2D eigenvalue weighted by Crippen LogP contribution is 2.32. The first-order valence-electron chi connectivity index (χ1n) is 6.58. The van der Waals surface area contributed by atoms with E-state index in [1.165, 1.54) is 23.2 Å². The minimum atomic E-state index is 1.03. The van der Waals surface area contributed by atoms with E-state index in [1.54, 1.807) is 0 Å². The van der Waals surface area contributed by atoms with E-state index in [0.717, 1.165) is 28.7 Å². The van der Waals surface area contributed by atoms with E-state index in [1.807, 2.05) is 6.07 Å². The number of benzene rings is 1. The number of fused-ring (bicyclic) bond motifs is 5. The highest BCUT2D eigenvalue weighted by Gasteiger charge is 2.19. The van der Waals surface area contributed by atoms with Crippen LogP contribution in [-0.2, 0) is 12.8 Å². The van der Waals surface area contributed by atoms with E-state index in [0.29, 0.717) is 0 Å². The molecule has 0 atom stereocenters. The Morgan fingerprint density at radius 1 is 1.05 bits per heavy atom. The number of imidazole rings is 1. The van der Waals surface area contributed by atoms with Crippen LogP contribution in [0.5, 0.6) is 0 Å². The topological polar surface area (TPSA) is 17.3 Å². The molecule has 19 heavy (non-hydrogen) atoms. The molecule has 0 unspecified atom stereocenters. The van der Waals surface area contributed by atoms with Gasteiger partial charge in [0.2, 0.25) is 0 Å². The smallest absolute Gasteiger partial charge is 0.137 e. The van der Waals surface area contributed by atoms with Crippen LogP contribution in [0, 0.1) is 0 Å². The van der Waals surface area contributed by atoms with Crippen molar-refractivity contribution in [2.45, 2.75) is 19.3 Å². The van der Waals surface area contributed by atoms with Gasteiger partial charge >= 0.3 is 0 Å². The number of aryl methyl sites for hydroxylation is 2. The lowest BCUT2D eigenvalue weighted by atomic mass is 10.0. The van der Waals surface area contributed by atoms with Crippen molar-refractivity contribution in [2.24, 2.45) is 0 Å². The number of aromatic nitrogens is 2. The van der Waals surface area contributed by atoms with Crippen LogP contribution < -0.4 is 0 Å². The summed E-state index contributed by atoms with van der Waals surface area (Å²) in [5.74, 6) is 0. The molecule has 0 N–H and O–H groups in total. The first-order chi connectivity index (χ1) is 9.33. The fourth-order valence-corrected chi connectivity index (χ4v) is 3.27. The summed E-state index contributed by atoms with van der Waals surface area (Å²) in [5, 5.41) is 0. The fourth-order valence-electron chi connectivity index (χ4n) is 2.94. The number of halogens is 1. The first-order valence-corrected chi connectivity index (χ1v) is 7.37. The highest BCUT2D eigenvalue weighted by molar-refractivity contribution is 9.10. The zero-order valence-corrected chi connectivity index (χ0v) is 12.0. The maximum Gasteiger partial charge on any atom is 0.137 e. The molecule has 1 aromatic carbocycles. The van der Waals surface area contributed by atoms with Gasteiger partial charge in [-0.1, -0.05) is 24.3 Å². The second-order valence-electron chi connectivity index (χ2n) is 4.99. The van der Waals surface area contributed by atoms with Gasteiger partial charge in [0.1, 0.15) is 5.65 Å².